The monoisotopic (exact) mass is 317 g/mol. The van der Waals surface area contributed by atoms with E-state index in [0.29, 0.717) is 11.6 Å². The second-order valence-corrected chi connectivity index (χ2v) is 6.97. The van der Waals surface area contributed by atoms with Crippen molar-refractivity contribution < 1.29 is 10.0 Å². The van der Waals surface area contributed by atoms with E-state index in [1.807, 2.05) is 6.07 Å². The fraction of sp³-hybridized carbons (Fsp3) is 0.667. The van der Waals surface area contributed by atoms with E-state index in [1.165, 1.54) is 32.1 Å². The molecule has 0 unspecified atom stereocenters. The zero-order valence-corrected chi connectivity index (χ0v) is 13.9. The molecule has 1 saturated carbocycles. The maximum Gasteiger partial charge on any atom is 0.276 e. The lowest BCUT2D eigenvalue weighted by Crippen LogP contribution is -2.43. The van der Waals surface area contributed by atoms with E-state index < -0.39 is 5.91 Å². The van der Waals surface area contributed by atoms with Crippen molar-refractivity contribution in [3.8, 4) is 0 Å². The van der Waals surface area contributed by atoms with Crippen molar-refractivity contribution in [3.63, 3.8) is 0 Å². The van der Waals surface area contributed by atoms with Gasteiger partial charge in [-0.1, -0.05) is 26.2 Å². The average Bonchev–Trinajstić information content (AvgIpc) is 2.60. The molecule has 5 nitrogen and oxygen atoms in total. The van der Waals surface area contributed by atoms with Gasteiger partial charge in [0.15, 0.2) is 0 Å². The molecule has 23 heavy (non-hydrogen) atoms. The Labute approximate surface area is 138 Å². The summed E-state index contributed by atoms with van der Waals surface area (Å²) in [5.74, 6) is 0.327. The molecular weight excluding hydrogens is 290 g/mol. The third-order valence-electron chi connectivity index (χ3n) is 5.43. The highest BCUT2D eigenvalue weighted by molar-refractivity contribution is 5.93. The number of fused-ring (bicyclic) bond motifs is 1. The van der Waals surface area contributed by atoms with Crippen molar-refractivity contribution >= 4 is 5.91 Å². The number of carbonyl (C=O) groups is 1. The van der Waals surface area contributed by atoms with Gasteiger partial charge in [-0.3, -0.25) is 19.9 Å². The van der Waals surface area contributed by atoms with Crippen LogP contribution in [0.25, 0.3) is 0 Å². The van der Waals surface area contributed by atoms with Gasteiger partial charge in [-0.25, -0.2) is 5.48 Å². The van der Waals surface area contributed by atoms with Gasteiger partial charge in [-0.2, -0.15) is 0 Å². The highest BCUT2D eigenvalue weighted by Gasteiger charge is 2.28. The molecule has 5 heteroatoms. The summed E-state index contributed by atoms with van der Waals surface area (Å²) in [4.78, 5) is 18.7. The largest absolute Gasteiger partial charge is 0.295 e. The van der Waals surface area contributed by atoms with Gasteiger partial charge in [0.25, 0.3) is 5.91 Å². The molecule has 0 aromatic carbocycles. The topological polar surface area (TPSA) is 65.5 Å². The second-order valence-electron chi connectivity index (χ2n) is 6.97. The Morgan fingerprint density at radius 2 is 2.17 bits per heavy atom. The first kappa shape index (κ1) is 16.4. The fourth-order valence-corrected chi connectivity index (χ4v) is 4.07. The number of hydrogen-bond donors (Lipinski definition) is 2. The maximum atomic E-state index is 11.6. The van der Waals surface area contributed by atoms with Crippen LogP contribution < -0.4 is 5.48 Å². The third kappa shape index (κ3) is 3.72. The molecule has 1 fully saturated rings. The molecule has 1 aromatic heterocycles. The van der Waals surface area contributed by atoms with E-state index in [4.69, 9.17) is 5.21 Å². The van der Waals surface area contributed by atoms with Crippen LogP contribution in [-0.4, -0.2) is 33.6 Å². The lowest BCUT2D eigenvalue weighted by molar-refractivity contribution is 0.0705. The Bertz CT molecular complexity index is 555. The second kappa shape index (κ2) is 7.41. The van der Waals surface area contributed by atoms with Crippen molar-refractivity contribution in [2.24, 2.45) is 5.92 Å². The van der Waals surface area contributed by atoms with Crippen LogP contribution in [0.2, 0.25) is 0 Å². The normalized spacial score (nSPS) is 22.6. The van der Waals surface area contributed by atoms with Gasteiger partial charge in [0.1, 0.15) is 0 Å². The van der Waals surface area contributed by atoms with Crippen LogP contribution >= 0.6 is 0 Å². The van der Waals surface area contributed by atoms with Crippen molar-refractivity contribution in [2.45, 2.75) is 64.5 Å². The molecule has 3 rings (SSSR count). The summed E-state index contributed by atoms with van der Waals surface area (Å²) in [5, 5.41) is 8.80. The number of hydrogen-bond acceptors (Lipinski definition) is 4. The number of nitrogens with zero attached hydrogens (tertiary/aromatic N) is 2. The molecule has 0 radical (unpaired) electrons. The maximum absolute atomic E-state index is 11.6. The minimum atomic E-state index is -0.489. The molecule has 2 aliphatic rings. The van der Waals surface area contributed by atoms with Crippen molar-refractivity contribution in [1.82, 2.24) is 15.4 Å². The van der Waals surface area contributed by atoms with Crippen molar-refractivity contribution in [3.05, 3.63) is 29.1 Å². The third-order valence-corrected chi connectivity index (χ3v) is 5.43. The summed E-state index contributed by atoms with van der Waals surface area (Å²) in [5.41, 5.74) is 4.36. The molecule has 2 heterocycles. The number of rotatable bonds is 4. The average molecular weight is 317 g/mol. The summed E-state index contributed by atoms with van der Waals surface area (Å²) < 4.78 is 0. The van der Waals surface area contributed by atoms with E-state index in [2.05, 4.69) is 16.8 Å². The van der Waals surface area contributed by atoms with E-state index in [0.717, 1.165) is 43.1 Å². The van der Waals surface area contributed by atoms with Crippen LogP contribution in [0.4, 0.5) is 0 Å². The van der Waals surface area contributed by atoms with Gasteiger partial charge in [0.05, 0.1) is 5.56 Å². The molecule has 1 aromatic rings. The Morgan fingerprint density at radius 1 is 1.39 bits per heavy atom. The molecule has 1 amide bonds. The zero-order chi connectivity index (χ0) is 16.2. The van der Waals surface area contributed by atoms with Crippen LogP contribution in [0.1, 0.15) is 67.1 Å². The standard InChI is InChI=1S/C18H27N3O2/c1-2-16-9-17-15(8-14(10-19-17)18(22)20-23)12-21(16)11-13-6-4-3-5-7-13/h8,10,13,16,23H,2-7,9,11-12H2,1H3,(H,20,22)/t16-/m0/s1. The van der Waals surface area contributed by atoms with Crippen LogP contribution in [0.5, 0.6) is 0 Å². The van der Waals surface area contributed by atoms with Crippen LogP contribution in [0.15, 0.2) is 12.3 Å². The molecule has 126 valence electrons. The molecule has 0 spiro atoms. The molecule has 1 atom stereocenters. The highest BCUT2D eigenvalue weighted by Crippen LogP contribution is 2.29. The van der Waals surface area contributed by atoms with Crippen LogP contribution in [-0.2, 0) is 13.0 Å². The van der Waals surface area contributed by atoms with Crippen LogP contribution in [0, 0.1) is 5.92 Å². The lowest BCUT2D eigenvalue weighted by Gasteiger charge is -2.39. The van der Waals surface area contributed by atoms with Crippen molar-refractivity contribution in [1.29, 1.82) is 0 Å². The molecule has 2 N–H and O–H groups in total. The first-order valence-electron chi connectivity index (χ1n) is 8.87. The van der Waals surface area contributed by atoms with E-state index in [1.54, 1.807) is 11.7 Å². The Balaban J connectivity index is 1.76. The smallest absolute Gasteiger partial charge is 0.276 e. The number of amides is 1. The molecular formula is C18H27N3O2. The summed E-state index contributed by atoms with van der Waals surface area (Å²) in [6, 6.07) is 2.43. The molecule has 1 aliphatic carbocycles. The van der Waals surface area contributed by atoms with Gasteiger partial charge < -0.3 is 0 Å². The summed E-state index contributed by atoms with van der Waals surface area (Å²) >= 11 is 0. The summed E-state index contributed by atoms with van der Waals surface area (Å²) in [7, 11) is 0. The minimum Gasteiger partial charge on any atom is -0.295 e. The predicted molar refractivity (Wildman–Crippen MR) is 88.3 cm³/mol. The van der Waals surface area contributed by atoms with Gasteiger partial charge in [0, 0.05) is 37.4 Å². The van der Waals surface area contributed by atoms with Crippen molar-refractivity contribution in [2.75, 3.05) is 6.54 Å². The van der Waals surface area contributed by atoms with E-state index in [-0.39, 0.29) is 0 Å². The van der Waals surface area contributed by atoms with Gasteiger partial charge in [-0.15, -0.1) is 0 Å². The lowest BCUT2D eigenvalue weighted by atomic mass is 9.87. The summed E-state index contributed by atoms with van der Waals surface area (Å²) in [6.07, 6.45) is 10.5. The number of hydroxylamine groups is 1. The summed E-state index contributed by atoms with van der Waals surface area (Å²) in [6.45, 7) is 4.27. The molecule has 1 aliphatic heterocycles. The SMILES string of the molecule is CC[C@H]1Cc2ncc(C(=O)NO)cc2CN1CC1CCCCC1. The Morgan fingerprint density at radius 3 is 2.87 bits per heavy atom. The molecule has 0 bridgehead atoms. The highest BCUT2D eigenvalue weighted by atomic mass is 16.5. The number of nitrogens with one attached hydrogen (secondary N) is 1. The predicted octanol–water partition coefficient (Wildman–Crippen LogP) is 2.92. The number of pyridine rings is 1. The first-order valence-corrected chi connectivity index (χ1v) is 8.87. The molecule has 0 saturated heterocycles. The minimum absolute atomic E-state index is 0.429. The van der Waals surface area contributed by atoms with Gasteiger partial charge in [0.2, 0.25) is 0 Å². The number of aromatic nitrogens is 1. The van der Waals surface area contributed by atoms with Gasteiger partial charge in [-0.05, 0) is 36.8 Å². The number of carbonyl (C=O) groups excluding carboxylic acids is 1. The zero-order valence-electron chi connectivity index (χ0n) is 13.9. The fourth-order valence-electron chi connectivity index (χ4n) is 4.07. The van der Waals surface area contributed by atoms with E-state index in [9.17, 15) is 4.79 Å². The van der Waals surface area contributed by atoms with Crippen LogP contribution in [0.3, 0.4) is 0 Å². The quantitative estimate of drug-likeness (QED) is 0.662. The Hall–Kier alpha value is -1.46. The first-order chi connectivity index (χ1) is 11.2. The van der Waals surface area contributed by atoms with Gasteiger partial charge >= 0.3 is 0 Å². The van der Waals surface area contributed by atoms with E-state index >= 15 is 0 Å². The Kier molecular flexibility index (Phi) is 5.28.